The standard InChI is InChI=1S/C42H29N3O/c1-42(2)34-21-10-9-17-30(34)33-25-28(23-24-35(33)42)40-43-39(27-15-7-4-8-16-27)44-41(45-40)32-20-12-22-36-37(32)31-19-11-18-29(38(31)46-36)26-13-5-3-6-14-26/h3-25H,1-2H3/i3D,5D,6D,13D,14D. The molecule has 0 unspecified atom stereocenters. The van der Waals surface area contributed by atoms with E-state index in [0.29, 0.717) is 39.6 Å². The average molecular weight is 597 g/mol. The molecule has 1 aliphatic rings. The van der Waals surface area contributed by atoms with E-state index in [4.69, 9.17) is 26.2 Å². The van der Waals surface area contributed by atoms with Crippen LogP contribution in [0.1, 0.15) is 31.8 Å². The molecule has 46 heavy (non-hydrogen) atoms. The van der Waals surface area contributed by atoms with Gasteiger partial charge in [-0.3, -0.25) is 0 Å². The van der Waals surface area contributed by atoms with E-state index >= 15 is 0 Å². The quantitative estimate of drug-likeness (QED) is 0.203. The molecule has 0 radical (unpaired) electrons. The maximum atomic E-state index is 8.64. The average Bonchev–Trinajstić information content (AvgIpc) is 3.66. The summed E-state index contributed by atoms with van der Waals surface area (Å²) in [5.74, 6) is 1.52. The highest BCUT2D eigenvalue weighted by Crippen LogP contribution is 2.49. The number of fused-ring (bicyclic) bond motifs is 6. The number of furan rings is 1. The number of hydrogen-bond acceptors (Lipinski definition) is 4. The van der Waals surface area contributed by atoms with Crippen molar-refractivity contribution >= 4 is 21.9 Å². The Bertz CT molecular complexity index is 2710. The number of para-hydroxylation sites is 1. The zero-order valence-electron chi connectivity index (χ0n) is 30.1. The van der Waals surface area contributed by atoms with Gasteiger partial charge in [-0.25, -0.2) is 15.0 Å². The molecule has 8 aromatic rings. The summed E-state index contributed by atoms with van der Waals surface area (Å²) < 4.78 is 48.3. The van der Waals surface area contributed by atoms with E-state index in [2.05, 4.69) is 56.3 Å². The molecule has 0 fully saturated rings. The molecule has 2 aromatic heterocycles. The number of nitrogens with zero attached hydrogens (tertiary/aromatic N) is 3. The molecule has 2 heterocycles. The fourth-order valence-electron chi connectivity index (χ4n) is 6.82. The van der Waals surface area contributed by atoms with E-state index in [9.17, 15) is 0 Å². The van der Waals surface area contributed by atoms with E-state index in [1.165, 1.54) is 22.3 Å². The van der Waals surface area contributed by atoms with Crippen LogP contribution in [0, 0.1) is 0 Å². The first-order valence-corrected chi connectivity index (χ1v) is 15.2. The van der Waals surface area contributed by atoms with Crippen LogP contribution in [0.5, 0.6) is 0 Å². The van der Waals surface area contributed by atoms with Crippen molar-refractivity contribution < 1.29 is 11.3 Å². The third kappa shape index (κ3) is 4.04. The normalized spacial score (nSPS) is 14.7. The second-order valence-corrected chi connectivity index (χ2v) is 12.1. The summed E-state index contributed by atoms with van der Waals surface area (Å²) in [6.07, 6.45) is 0. The van der Waals surface area contributed by atoms with Crippen LogP contribution in [0.2, 0.25) is 0 Å². The summed E-state index contributed by atoms with van der Waals surface area (Å²) in [4.78, 5) is 15.1. The molecule has 218 valence electrons. The smallest absolute Gasteiger partial charge is 0.164 e. The fourth-order valence-corrected chi connectivity index (χ4v) is 6.82. The first-order chi connectivity index (χ1) is 24.6. The third-order valence-corrected chi connectivity index (χ3v) is 9.04. The lowest BCUT2D eigenvalue weighted by molar-refractivity contribution is 0.660. The lowest BCUT2D eigenvalue weighted by atomic mass is 9.82. The van der Waals surface area contributed by atoms with Crippen LogP contribution in [0.4, 0.5) is 0 Å². The minimum Gasteiger partial charge on any atom is -0.455 e. The fraction of sp³-hybridized carbons (Fsp3) is 0.0714. The van der Waals surface area contributed by atoms with Gasteiger partial charge < -0.3 is 4.42 Å². The molecule has 6 aromatic carbocycles. The van der Waals surface area contributed by atoms with Gasteiger partial charge in [0.1, 0.15) is 11.2 Å². The number of benzene rings is 6. The van der Waals surface area contributed by atoms with Crippen molar-refractivity contribution in [2.24, 2.45) is 0 Å². The van der Waals surface area contributed by atoms with Crippen molar-refractivity contribution in [1.82, 2.24) is 15.0 Å². The van der Waals surface area contributed by atoms with Gasteiger partial charge in [-0.15, -0.1) is 0 Å². The van der Waals surface area contributed by atoms with E-state index in [0.717, 1.165) is 22.1 Å². The molecule has 0 N–H and O–H groups in total. The van der Waals surface area contributed by atoms with Crippen molar-refractivity contribution in [2.45, 2.75) is 19.3 Å². The Morgan fingerprint density at radius 3 is 2.07 bits per heavy atom. The highest BCUT2D eigenvalue weighted by atomic mass is 16.3. The molecule has 0 amide bonds. The van der Waals surface area contributed by atoms with Gasteiger partial charge in [0.15, 0.2) is 17.5 Å². The maximum Gasteiger partial charge on any atom is 0.164 e. The van der Waals surface area contributed by atoms with Crippen molar-refractivity contribution in [2.75, 3.05) is 0 Å². The Morgan fingerprint density at radius 1 is 0.543 bits per heavy atom. The topological polar surface area (TPSA) is 51.8 Å². The van der Waals surface area contributed by atoms with Crippen LogP contribution in [-0.2, 0) is 5.41 Å². The monoisotopic (exact) mass is 596 g/mol. The van der Waals surface area contributed by atoms with Crippen molar-refractivity contribution in [3.8, 4) is 56.4 Å². The Labute approximate surface area is 274 Å². The second-order valence-electron chi connectivity index (χ2n) is 12.1. The largest absolute Gasteiger partial charge is 0.455 e. The summed E-state index contributed by atoms with van der Waals surface area (Å²) in [5.41, 5.74) is 8.70. The van der Waals surface area contributed by atoms with Gasteiger partial charge in [-0.2, -0.15) is 0 Å². The predicted octanol–water partition coefficient (Wildman–Crippen LogP) is 10.7. The van der Waals surface area contributed by atoms with Crippen LogP contribution in [0.15, 0.2) is 144 Å². The molecule has 0 aliphatic heterocycles. The van der Waals surface area contributed by atoms with Crippen LogP contribution >= 0.6 is 0 Å². The zero-order chi connectivity index (χ0) is 35.2. The minimum absolute atomic E-state index is 0.0855. The van der Waals surface area contributed by atoms with E-state index in [1.807, 2.05) is 60.7 Å². The lowest BCUT2D eigenvalue weighted by Gasteiger charge is -2.21. The van der Waals surface area contributed by atoms with Crippen LogP contribution in [0.25, 0.3) is 78.4 Å². The van der Waals surface area contributed by atoms with Crippen LogP contribution in [0.3, 0.4) is 0 Å². The molecular formula is C42H29N3O. The van der Waals surface area contributed by atoms with Gasteiger partial charge in [0.2, 0.25) is 0 Å². The van der Waals surface area contributed by atoms with Gasteiger partial charge in [0.05, 0.1) is 6.85 Å². The van der Waals surface area contributed by atoms with E-state index < -0.39 is 18.1 Å². The molecular weight excluding hydrogens is 562 g/mol. The van der Waals surface area contributed by atoms with Crippen molar-refractivity contribution in [3.63, 3.8) is 0 Å². The Morgan fingerprint density at radius 2 is 1.22 bits per heavy atom. The van der Waals surface area contributed by atoms with Crippen LogP contribution in [-0.4, -0.2) is 15.0 Å². The zero-order valence-corrected chi connectivity index (χ0v) is 25.1. The van der Waals surface area contributed by atoms with Gasteiger partial charge in [-0.05, 0) is 39.9 Å². The van der Waals surface area contributed by atoms with Gasteiger partial charge >= 0.3 is 0 Å². The lowest BCUT2D eigenvalue weighted by Crippen LogP contribution is -2.14. The summed E-state index contributed by atoms with van der Waals surface area (Å²) >= 11 is 0. The van der Waals surface area contributed by atoms with Crippen molar-refractivity contribution in [1.29, 1.82) is 0 Å². The third-order valence-electron chi connectivity index (χ3n) is 9.04. The number of rotatable bonds is 4. The Hall–Kier alpha value is -5.87. The maximum absolute atomic E-state index is 8.64. The predicted molar refractivity (Wildman–Crippen MR) is 186 cm³/mol. The molecule has 1 aliphatic carbocycles. The van der Waals surface area contributed by atoms with E-state index in [-0.39, 0.29) is 23.1 Å². The SMILES string of the molecule is [2H]c1c([2H])c([2H])c(-c2cccc3c2oc2cccc(-c4nc(-c5ccccc5)nc(-c5ccc6c(c5)-c5ccccc5C6(C)C)n4)c23)c([2H])c1[2H]. The second kappa shape index (κ2) is 10.1. The Kier molecular flexibility index (Phi) is 4.77. The first-order valence-electron chi connectivity index (χ1n) is 17.7. The van der Waals surface area contributed by atoms with Gasteiger partial charge in [-0.1, -0.05) is 141 Å². The summed E-state index contributed by atoms with van der Waals surface area (Å²) in [6.45, 7) is 4.51. The summed E-state index contributed by atoms with van der Waals surface area (Å²) in [6, 6.07) is 34.1. The molecule has 0 saturated heterocycles. The van der Waals surface area contributed by atoms with Crippen LogP contribution < -0.4 is 0 Å². The number of aromatic nitrogens is 3. The van der Waals surface area contributed by atoms with Gasteiger partial charge in [0.25, 0.3) is 0 Å². The van der Waals surface area contributed by atoms with Gasteiger partial charge in [0, 0.05) is 38.4 Å². The molecule has 4 heteroatoms. The molecule has 0 bridgehead atoms. The van der Waals surface area contributed by atoms with Crippen molar-refractivity contribution in [3.05, 3.63) is 151 Å². The summed E-state index contributed by atoms with van der Waals surface area (Å²) in [7, 11) is 0. The molecule has 0 saturated carbocycles. The molecule has 9 rings (SSSR count). The Balaban J connectivity index is 1.28. The molecule has 4 nitrogen and oxygen atoms in total. The summed E-state index contributed by atoms with van der Waals surface area (Å²) in [5, 5.41) is 1.46. The van der Waals surface area contributed by atoms with E-state index in [1.54, 1.807) is 6.07 Å². The minimum atomic E-state index is -0.441. The highest BCUT2D eigenvalue weighted by molar-refractivity contribution is 6.15. The molecule has 0 spiro atoms. The molecule has 0 atom stereocenters. The number of hydrogen-bond donors (Lipinski definition) is 0. The highest BCUT2D eigenvalue weighted by Gasteiger charge is 2.35. The first kappa shape index (κ1) is 21.8.